The first-order chi connectivity index (χ1) is 15.2. The van der Waals surface area contributed by atoms with Crippen molar-refractivity contribution in [3.8, 4) is 0 Å². The number of carbonyl (C=O) groups is 1. The molecule has 7 nitrogen and oxygen atoms in total. The number of nitrogens with zero attached hydrogens (tertiary/aromatic N) is 3. The number of hydrogen-bond donors (Lipinski definition) is 2. The second-order valence-electron chi connectivity index (χ2n) is 9.17. The minimum Gasteiger partial charge on any atom is -0.396 e. The molecule has 1 aliphatic carbocycles. The van der Waals surface area contributed by atoms with E-state index in [2.05, 4.69) is 15.2 Å². The summed E-state index contributed by atoms with van der Waals surface area (Å²) in [6, 6.07) is 10.8. The third-order valence-electron chi connectivity index (χ3n) is 7.46. The number of amides is 1. The number of aliphatic hydroxyl groups is 1. The van der Waals surface area contributed by atoms with Crippen LogP contribution < -0.4 is 10.9 Å². The van der Waals surface area contributed by atoms with Crippen LogP contribution in [0.4, 0.5) is 0 Å². The Balaban J connectivity index is 1.47. The molecule has 0 radical (unpaired) electrons. The summed E-state index contributed by atoms with van der Waals surface area (Å²) in [7, 11) is 0. The fraction of sp³-hybridized carbons (Fsp3) is 0.542. The molecule has 1 amide bonds. The number of hydrogen-bond acceptors (Lipinski definition) is 5. The van der Waals surface area contributed by atoms with Crippen LogP contribution in [0.25, 0.3) is 0 Å². The average Bonchev–Trinajstić information content (AvgIpc) is 3.37. The minimum atomic E-state index is -0.393. The van der Waals surface area contributed by atoms with Crippen LogP contribution in [-0.4, -0.2) is 44.7 Å². The summed E-state index contributed by atoms with van der Waals surface area (Å²) >= 11 is 0. The molecule has 31 heavy (non-hydrogen) atoms. The van der Waals surface area contributed by atoms with Gasteiger partial charge in [0.1, 0.15) is 0 Å². The third kappa shape index (κ3) is 3.70. The van der Waals surface area contributed by atoms with E-state index in [1.165, 1.54) is 25.7 Å². The smallest absolute Gasteiger partial charge is 0.250 e. The van der Waals surface area contributed by atoms with Crippen molar-refractivity contribution in [2.24, 2.45) is 17.8 Å². The molecular weight excluding hydrogens is 392 g/mol. The van der Waals surface area contributed by atoms with Crippen molar-refractivity contribution in [2.75, 3.05) is 13.2 Å². The lowest BCUT2D eigenvalue weighted by Gasteiger charge is -2.39. The van der Waals surface area contributed by atoms with Crippen molar-refractivity contribution in [1.82, 2.24) is 19.8 Å². The molecule has 1 saturated heterocycles. The standard InChI is InChI=1S/C24H30N4O3/c29-15-18-20-14-27-19(9-5-10-21(27)30)23(28(20)13-16-6-1-2-7-16)22(18)24(31)26-12-17-8-3-4-11-25-17/h3-5,8-11,16,18,20,22-23,29H,1-2,6-7,12-15H2,(H,26,31)/t18-,20-,22+,23+/m1/s1. The van der Waals surface area contributed by atoms with Gasteiger partial charge in [-0.1, -0.05) is 25.0 Å². The highest BCUT2D eigenvalue weighted by atomic mass is 16.3. The molecule has 7 heteroatoms. The molecule has 4 atom stereocenters. The fourth-order valence-corrected chi connectivity index (χ4v) is 6.01. The first-order valence-corrected chi connectivity index (χ1v) is 11.4. The summed E-state index contributed by atoms with van der Waals surface area (Å²) in [5.74, 6) is -0.0369. The maximum atomic E-state index is 13.4. The Hall–Kier alpha value is -2.51. The lowest BCUT2D eigenvalue weighted by Crippen LogP contribution is -2.47. The van der Waals surface area contributed by atoms with Crippen molar-refractivity contribution < 1.29 is 9.90 Å². The van der Waals surface area contributed by atoms with Crippen LogP contribution in [0.15, 0.2) is 47.4 Å². The van der Waals surface area contributed by atoms with Crippen LogP contribution in [0.2, 0.25) is 0 Å². The monoisotopic (exact) mass is 422 g/mol. The summed E-state index contributed by atoms with van der Waals surface area (Å²) in [6.07, 6.45) is 6.69. The zero-order chi connectivity index (χ0) is 21.4. The predicted molar refractivity (Wildman–Crippen MR) is 116 cm³/mol. The van der Waals surface area contributed by atoms with Gasteiger partial charge in [-0.25, -0.2) is 0 Å². The molecule has 2 aliphatic heterocycles. The highest BCUT2D eigenvalue weighted by molar-refractivity contribution is 5.80. The Morgan fingerprint density at radius 3 is 2.74 bits per heavy atom. The normalized spacial score (nSPS) is 27.9. The summed E-state index contributed by atoms with van der Waals surface area (Å²) in [5, 5.41) is 13.4. The van der Waals surface area contributed by atoms with Gasteiger partial charge in [-0.2, -0.15) is 0 Å². The molecule has 5 rings (SSSR count). The fourth-order valence-electron chi connectivity index (χ4n) is 6.01. The van der Waals surface area contributed by atoms with E-state index in [-0.39, 0.29) is 36.1 Å². The second kappa shape index (κ2) is 8.55. The lowest BCUT2D eigenvalue weighted by atomic mass is 9.86. The van der Waals surface area contributed by atoms with Gasteiger partial charge in [0.15, 0.2) is 0 Å². The molecule has 2 aromatic heterocycles. The van der Waals surface area contributed by atoms with E-state index >= 15 is 0 Å². The molecule has 3 aliphatic rings. The van der Waals surface area contributed by atoms with Crippen molar-refractivity contribution in [3.63, 3.8) is 0 Å². The average molecular weight is 423 g/mol. The van der Waals surface area contributed by atoms with Gasteiger partial charge in [0.25, 0.3) is 5.56 Å². The first-order valence-electron chi connectivity index (χ1n) is 11.4. The molecular formula is C24H30N4O3. The zero-order valence-electron chi connectivity index (χ0n) is 17.7. The molecule has 2 fully saturated rings. The van der Waals surface area contributed by atoms with E-state index in [0.717, 1.165) is 17.9 Å². The number of pyridine rings is 2. The van der Waals surface area contributed by atoms with Gasteiger partial charge >= 0.3 is 0 Å². The summed E-state index contributed by atoms with van der Waals surface area (Å²) in [6.45, 7) is 1.76. The number of aliphatic hydroxyl groups excluding tert-OH is 1. The van der Waals surface area contributed by atoms with Gasteiger partial charge in [0.05, 0.1) is 24.2 Å². The van der Waals surface area contributed by atoms with E-state index in [0.29, 0.717) is 19.0 Å². The van der Waals surface area contributed by atoms with Crippen molar-refractivity contribution in [1.29, 1.82) is 0 Å². The number of fused-ring (bicyclic) bond motifs is 4. The van der Waals surface area contributed by atoms with E-state index in [1.54, 1.807) is 18.3 Å². The van der Waals surface area contributed by atoms with Gasteiger partial charge in [-0.15, -0.1) is 0 Å². The van der Waals surface area contributed by atoms with Gasteiger partial charge < -0.3 is 15.0 Å². The molecule has 0 spiro atoms. The highest BCUT2D eigenvalue weighted by Gasteiger charge is 2.55. The number of aromatic nitrogens is 2. The Morgan fingerprint density at radius 1 is 1.16 bits per heavy atom. The molecule has 0 aromatic carbocycles. The third-order valence-corrected chi connectivity index (χ3v) is 7.46. The van der Waals surface area contributed by atoms with E-state index in [4.69, 9.17) is 0 Å². The molecule has 164 valence electrons. The Morgan fingerprint density at radius 2 is 2.00 bits per heavy atom. The zero-order valence-corrected chi connectivity index (χ0v) is 17.7. The summed E-state index contributed by atoms with van der Waals surface area (Å²) in [5.41, 5.74) is 1.67. The molecule has 2 N–H and O–H groups in total. The van der Waals surface area contributed by atoms with Gasteiger partial charge in [-0.05, 0) is 37.0 Å². The first kappa shape index (κ1) is 20.4. The van der Waals surface area contributed by atoms with E-state index in [9.17, 15) is 14.7 Å². The molecule has 1 saturated carbocycles. The molecule has 2 bridgehead atoms. The van der Waals surface area contributed by atoms with Crippen LogP contribution in [0, 0.1) is 17.8 Å². The maximum Gasteiger partial charge on any atom is 0.250 e. The Kier molecular flexibility index (Phi) is 5.63. The Labute approximate surface area is 182 Å². The number of carbonyl (C=O) groups excluding carboxylic acids is 1. The number of nitrogens with one attached hydrogen (secondary N) is 1. The number of rotatable bonds is 6. The predicted octanol–water partition coefficient (Wildman–Crippen LogP) is 1.71. The largest absolute Gasteiger partial charge is 0.396 e. The molecule has 4 heterocycles. The topological polar surface area (TPSA) is 87.5 Å². The summed E-state index contributed by atoms with van der Waals surface area (Å²) in [4.78, 5) is 32.8. The van der Waals surface area contributed by atoms with Crippen molar-refractivity contribution in [3.05, 3.63) is 64.3 Å². The van der Waals surface area contributed by atoms with Crippen LogP contribution in [0.5, 0.6) is 0 Å². The SMILES string of the molecule is O=C(NCc1ccccn1)[C@H]1[C@H](CO)[C@H]2Cn3c(cccc3=O)[C@@H]1N2CC1CCCC1. The van der Waals surface area contributed by atoms with Gasteiger partial charge in [-0.3, -0.25) is 19.5 Å². The van der Waals surface area contributed by atoms with Crippen molar-refractivity contribution >= 4 is 5.91 Å². The van der Waals surface area contributed by atoms with Crippen LogP contribution in [0.3, 0.4) is 0 Å². The second-order valence-corrected chi connectivity index (χ2v) is 9.17. The van der Waals surface area contributed by atoms with Crippen LogP contribution >= 0.6 is 0 Å². The summed E-state index contributed by atoms with van der Waals surface area (Å²) < 4.78 is 1.81. The minimum absolute atomic E-state index is 0.00574. The van der Waals surface area contributed by atoms with Gasteiger partial charge in [0, 0.05) is 49.6 Å². The Bertz CT molecular complexity index is 986. The lowest BCUT2D eigenvalue weighted by molar-refractivity contribution is -0.127. The van der Waals surface area contributed by atoms with Crippen LogP contribution in [0.1, 0.15) is 43.1 Å². The highest BCUT2D eigenvalue weighted by Crippen LogP contribution is 2.49. The molecule has 2 aromatic rings. The quantitative estimate of drug-likeness (QED) is 0.740. The van der Waals surface area contributed by atoms with Crippen LogP contribution in [-0.2, 0) is 17.9 Å². The van der Waals surface area contributed by atoms with E-state index < -0.39 is 5.92 Å². The maximum absolute atomic E-state index is 13.4. The van der Waals surface area contributed by atoms with E-state index in [1.807, 2.05) is 28.8 Å². The molecule has 0 unspecified atom stereocenters. The van der Waals surface area contributed by atoms with Crippen molar-refractivity contribution in [2.45, 2.75) is 50.9 Å². The van der Waals surface area contributed by atoms with Gasteiger partial charge in [0.2, 0.25) is 5.91 Å².